The van der Waals surface area contributed by atoms with E-state index < -0.39 is 7.68 Å². The molecule has 0 radical (unpaired) electrons. The van der Waals surface area contributed by atoms with Crippen LogP contribution in [0.2, 0.25) is 0 Å². The van der Waals surface area contributed by atoms with Crippen LogP contribution >= 0.6 is 7.68 Å². The van der Waals surface area contributed by atoms with Crippen molar-refractivity contribution in [3.05, 3.63) is 12.2 Å². The largest absolute Gasteiger partial charge is 0.375 e. The number of quaternary nitrogens is 1. The zero-order chi connectivity index (χ0) is 21.3. The summed E-state index contributed by atoms with van der Waals surface area (Å²) in [5.74, 6) is 0.0169. The zero-order valence-corrected chi connectivity index (χ0v) is 20.5. The second-order valence-corrected chi connectivity index (χ2v) is 10.7. The van der Waals surface area contributed by atoms with Gasteiger partial charge in [0, 0.05) is 6.42 Å². The Bertz CT molecular complexity index is 444. The molecule has 28 heavy (non-hydrogen) atoms. The summed E-state index contributed by atoms with van der Waals surface area (Å²) in [6, 6.07) is 0. The van der Waals surface area contributed by atoms with Crippen molar-refractivity contribution >= 4 is 7.68 Å². The first-order chi connectivity index (χ1) is 13.3. The highest BCUT2D eigenvalue weighted by Gasteiger charge is 2.30. The maximum atomic E-state index is 11.5. The molecule has 0 aromatic rings. The van der Waals surface area contributed by atoms with E-state index in [9.17, 15) is 9.13 Å². The molecule has 0 fully saturated rings. The summed E-state index contributed by atoms with van der Waals surface area (Å²) < 4.78 is 23.5. The summed E-state index contributed by atoms with van der Waals surface area (Å²) in [6.07, 6.45) is 24.4. The molecule has 0 heterocycles. The van der Waals surface area contributed by atoms with E-state index in [4.69, 9.17) is 0 Å². The molecule has 3 nitrogen and oxygen atoms in total. The highest BCUT2D eigenvalue weighted by Crippen LogP contribution is 2.28. The lowest BCUT2D eigenvalue weighted by Gasteiger charge is -2.30. The smallest absolute Gasteiger partial charge is 0.317 e. The maximum Gasteiger partial charge on any atom is 0.375 e. The molecule has 4 heteroatoms. The topological polar surface area (TPSA) is 34.1 Å². The summed E-state index contributed by atoms with van der Waals surface area (Å²) in [6.45, 7) is 4.40. The molecule has 0 N–H and O–H groups in total. The standard InChI is InChI=1S/C24H49NO2P/c1-6-7-8-9-10-11-12-13-14-15-16-17-18-19-20-21-23(2)22-24(28(26)27)25(3,4)5/h20-21,23-24H,6-19,22H2,1-5H3/q+1. The van der Waals surface area contributed by atoms with Crippen LogP contribution in [-0.4, -0.2) is 31.4 Å². The van der Waals surface area contributed by atoms with E-state index in [1.165, 1.54) is 83.5 Å². The summed E-state index contributed by atoms with van der Waals surface area (Å²) in [5, 5.41) is 0. The third-order valence-electron chi connectivity index (χ3n) is 5.66. The predicted octanol–water partition coefficient (Wildman–Crippen LogP) is 8.26. The van der Waals surface area contributed by atoms with Gasteiger partial charge in [-0.05, 0) is 18.8 Å². The Balaban J connectivity index is 3.57. The highest BCUT2D eigenvalue weighted by atomic mass is 31.1. The van der Waals surface area contributed by atoms with Crippen molar-refractivity contribution in [2.75, 3.05) is 21.1 Å². The summed E-state index contributed by atoms with van der Waals surface area (Å²) >= 11 is 0. The van der Waals surface area contributed by atoms with Gasteiger partial charge >= 0.3 is 7.68 Å². The highest BCUT2D eigenvalue weighted by molar-refractivity contribution is 7.31. The Morgan fingerprint density at radius 3 is 1.57 bits per heavy atom. The molecule has 0 aromatic heterocycles. The normalized spacial score (nSPS) is 14.5. The first-order valence-electron chi connectivity index (χ1n) is 11.9. The van der Waals surface area contributed by atoms with Gasteiger partial charge in [0.25, 0.3) is 0 Å². The van der Waals surface area contributed by atoms with Crippen LogP contribution in [0, 0.1) is 5.92 Å². The fraction of sp³-hybridized carbons (Fsp3) is 0.917. The molecule has 0 bridgehead atoms. The summed E-state index contributed by atoms with van der Waals surface area (Å²) in [5.41, 5.74) is 0. The van der Waals surface area contributed by atoms with Crippen LogP contribution in [0.15, 0.2) is 12.2 Å². The SMILES string of the molecule is CCCCCCCCCCCCCCCC=CC(C)CC(P(=O)=O)[N+](C)(C)C. The van der Waals surface area contributed by atoms with Crippen molar-refractivity contribution in [1.82, 2.24) is 0 Å². The molecule has 0 saturated heterocycles. The second kappa shape index (κ2) is 17.5. The van der Waals surface area contributed by atoms with E-state index in [0.29, 0.717) is 16.8 Å². The minimum Gasteiger partial charge on any atom is -0.317 e. The Morgan fingerprint density at radius 2 is 1.18 bits per heavy atom. The lowest BCUT2D eigenvalue weighted by molar-refractivity contribution is -0.882. The van der Waals surface area contributed by atoms with E-state index in [2.05, 4.69) is 26.0 Å². The monoisotopic (exact) mass is 414 g/mol. The van der Waals surface area contributed by atoms with Crippen LogP contribution in [0.5, 0.6) is 0 Å². The van der Waals surface area contributed by atoms with Gasteiger partial charge in [-0.3, -0.25) is 0 Å². The minimum atomic E-state index is -2.38. The number of unbranched alkanes of at least 4 members (excludes halogenated alkanes) is 13. The van der Waals surface area contributed by atoms with Gasteiger partial charge in [0.2, 0.25) is 0 Å². The molecule has 0 aliphatic carbocycles. The number of allylic oxidation sites excluding steroid dienone is 2. The molecule has 2 atom stereocenters. The Kier molecular flexibility index (Phi) is 17.2. The van der Waals surface area contributed by atoms with Crippen molar-refractivity contribution in [3.8, 4) is 0 Å². The second-order valence-electron chi connectivity index (χ2n) is 9.55. The average Bonchev–Trinajstić information content (AvgIpc) is 2.61. The van der Waals surface area contributed by atoms with Crippen molar-refractivity contribution in [2.24, 2.45) is 5.92 Å². The van der Waals surface area contributed by atoms with Crippen LogP contribution in [0.1, 0.15) is 110 Å². The van der Waals surface area contributed by atoms with Crippen LogP contribution in [-0.2, 0) is 9.13 Å². The fourth-order valence-electron chi connectivity index (χ4n) is 3.70. The summed E-state index contributed by atoms with van der Waals surface area (Å²) in [7, 11) is 3.49. The van der Waals surface area contributed by atoms with Gasteiger partial charge in [0.1, 0.15) is 0 Å². The van der Waals surface area contributed by atoms with Gasteiger partial charge in [-0.25, -0.2) is 9.13 Å². The zero-order valence-electron chi connectivity index (χ0n) is 19.6. The molecule has 0 aromatic carbocycles. The molecule has 0 rings (SSSR count). The van der Waals surface area contributed by atoms with Gasteiger partial charge in [-0.15, -0.1) is 0 Å². The molecule has 166 valence electrons. The maximum absolute atomic E-state index is 11.5. The minimum absolute atomic E-state index is 0.300. The van der Waals surface area contributed by atoms with E-state index in [1.807, 2.05) is 21.1 Å². The number of rotatable bonds is 19. The van der Waals surface area contributed by atoms with Crippen molar-refractivity contribution in [1.29, 1.82) is 0 Å². The first kappa shape index (κ1) is 27.6. The lowest BCUT2D eigenvalue weighted by atomic mass is 10.0. The fourth-order valence-corrected chi connectivity index (χ4v) is 4.78. The van der Waals surface area contributed by atoms with Gasteiger partial charge in [0.15, 0.2) is 5.78 Å². The number of hydrogen-bond acceptors (Lipinski definition) is 2. The van der Waals surface area contributed by atoms with E-state index in [-0.39, 0.29) is 5.78 Å². The predicted molar refractivity (Wildman–Crippen MR) is 123 cm³/mol. The Labute approximate surface area is 176 Å². The van der Waals surface area contributed by atoms with Crippen LogP contribution in [0.25, 0.3) is 0 Å². The average molecular weight is 415 g/mol. The lowest BCUT2D eigenvalue weighted by Crippen LogP contribution is -2.42. The van der Waals surface area contributed by atoms with Gasteiger partial charge in [-0.1, -0.05) is 103 Å². The quantitative estimate of drug-likeness (QED) is 0.0922. The van der Waals surface area contributed by atoms with Crippen molar-refractivity contribution in [2.45, 2.75) is 116 Å². The van der Waals surface area contributed by atoms with E-state index >= 15 is 0 Å². The van der Waals surface area contributed by atoms with E-state index in [1.54, 1.807) is 0 Å². The third kappa shape index (κ3) is 16.5. The molecule has 0 saturated carbocycles. The molecule has 0 aliphatic heterocycles. The first-order valence-corrected chi connectivity index (χ1v) is 13.1. The molecule has 2 unspecified atom stereocenters. The van der Waals surface area contributed by atoms with Gasteiger partial charge < -0.3 is 4.48 Å². The molecule has 0 spiro atoms. The summed E-state index contributed by atoms with van der Waals surface area (Å²) in [4.78, 5) is 0. The van der Waals surface area contributed by atoms with Crippen LogP contribution < -0.4 is 0 Å². The van der Waals surface area contributed by atoms with Gasteiger partial charge in [-0.2, -0.15) is 0 Å². The molecular formula is C24H49NO2P+. The van der Waals surface area contributed by atoms with Crippen molar-refractivity contribution < 1.29 is 13.6 Å². The molecule has 0 amide bonds. The Morgan fingerprint density at radius 1 is 0.750 bits per heavy atom. The number of hydrogen-bond donors (Lipinski definition) is 0. The molecule has 0 aliphatic rings. The Hall–Kier alpha value is -0.400. The van der Waals surface area contributed by atoms with Crippen LogP contribution in [0.3, 0.4) is 0 Å². The van der Waals surface area contributed by atoms with Crippen LogP contribution in [0.4, 0.5) is 0 Å². The van der Waals surface area contributed by atoms with E-state index in [0.717, 1.165) is 6.42 Å². The molecular weight excluding hydrogens is 365 g/mol. The van der Waals surface area contributed by atoms with Crippen molar-refractivity contribution in [3.63, 3.8) is 0 Å². The third-order valence-corrected chi connectivity index (χ3v) is 7.05. The number of nitrogens with zero attached hydrogens (tertiary/aromatic N) is 1. The van der Waals surface area contributed by atoms with Gasteiger partial charge in [0.05, 0.1) is 21.1 Å².